The lowest BCUT2D eigenvalue weighted by molar-refractivity contribution is -0.243. The van der Waals surface area contributed by atoms with Crippen molar-refractivity contribution in [2.75, 3.05) is 6.54 Å². The number of rotatable bonds is 1. The summed E-state index contributed by atoms with van der Waals surface area (Å²) >= 11 is 0. The molecule has 13 heavy (non-hydrogen) atoms. The summed E-state index contributed by atoms with van der Waals surface area (Å²) < 4.78 is 50.0. The average Bonchev–Trinajstić information content (AvgIpc) is 2.02. The minimum absolute atomic E-state index is 0.141. The van der Waals surface area contributed by atoms with Gasteiger partial charge in [-0.1, -0.05) is 0 Å². The quantitative estimate of drug-likeness (QED) is 0.645. The summed E-state index contributed by atoms with van der Waals surface area (Å²) in [5.41, 5.74) is 2.24. The smallest absolute Gasteiger partial charge is 0.330 e. The molecule has 2 unspecified atom stereocenters. The predicted molar refractivity (Wildman–Crippen MR) is 40.9 cm³/mol. The van der Waals surface area contributed by atoms with Crippen LogP contribution in [0.3, 0.4) is 0 Å². The molecule has 0 saturated heterocycles. The first-order valence-corrected chi connectivity index (χ1v) is 4.35. The Balaban J connectivity index is 2.68. The van der Waals surface area contributed by atoms with Gasteiger partial charge in [0.15, 0.2) is 0 Å². The van der Waals surface area contributed by atoms with Gasteiger partial charge in [-0.15, -0.1) is 0 Å². The van der Waals surface area contributed by atoms with Gasteiger partial charge in [0.25, 0.3) is 0 Å². The molecule has 1 aliphatic carbocycles. The highest BCUT2D eigenvalue weighted by Crippen LogP contribution is 2.46. The molecule has 1 saturated carbocycles. The highest BCUT2D eigenvalue weighted by Gasteiger charge is 2.57. The zero-order valence-corrected chi connectivity index (χ0v) is 7.20. The second-order valence-electron chi connectivity index (χ2n) is 3.66. The summed E-state index contributed by atoms with van der Waals surface area (Å²) in [5, 5.41) is 0. The van der Waals surface area contributed by atoms with Crippen LogP contribution >= 0.6 is 0 Å². The molecule has 0 spiro atoms. The molecule has 1 nitrogen and oxygen atoms in total. The lowest BCUT2D eigenvalue weighted by Gasteiger charge is -2.35. The first kappa shape index (κ1) is 10.8. The van der Waals surface area contributed by atoms with Crippen LogP contribution in [0.15, 0.2) is 0 Å². The van der Waals surface area contributed by atoms with E-state index in [4.69, 9.17) is 5.73 Å². The van der Waals surface area contributed by atoms with Crippen LogP contribution in [0.25, 0.3) is 0 Å². The fraction of sp³-hybridized carbons (Fsp3) is 1.00. The van der Waals surface area contributed by atoms with Crippen molar-refractivity contribution < 1.29 is 17.6 Å². The summed E-state index contributed by atoms with van der Waals surface area (Å²) in [6.45, 7) is 0.141. The van der Waals surface area contributed by atoms with Gasteiger partial charge >= 0.3 is 6.18 Å². The van der Waals surface area contributed by atoms with Crippen molar-refractivity contribution >= 4 is 0 Å². The third-order valence-electron chi connectivity index (χ3n) is 2.64. The third-order valence-corrected chi connectivity index (χ3v) is 2.64. The molecule has 1 aliphatic rings. The fourth-order valence-corrected chi connectivity index (χ4v) is 1.79. The van der Waals surface area contributed by atoms with E-state index in [0.717, 1.165) is 0 Å². The van der Waals surface area contributed by atoms with E-state index < -0.39 is 24.7 Å². The highest BCUT2D eigenvalue weighted by molar-refractivity contribution is 4.92. The molecule has 1 fully saturated rings. The Morgan fingerprint density at radius 2 is 2.00 bits per heavy atom. The molecule has 0 heterocycles. The van der Waals surface area contributed by atoms with E-state index in [1.54, 1.807) is 0 Å². The van der Waals surface area contributed by atoms with E-state index in [-0.39, 0.29) is 18.9 Å². The Labute approximate surface area is 74.3 Å². The van der Waals surface area contributed by atoms with E-state index in [1.807, 2.05) is 0 Å². The van der Waals surface area contributed by atoms with Gasteiger partial charge in [-0.05, 0) is 38.1 Å². The van der Waals surface area contributed by atoms with Crippen LogP contribution in [0.5, 0.6) is 0 Å². The maximum atomic E-state index is 13.3. The maximum absolute atomic E-state index is 13.3. The van der Waals surface area contributed by atoms with E-state index in [2.05, 4.69) is 0 Å². The van der Waals surface area contributed by atoms with Gasteiger partial charge in [0, 0.05) is 0 Å². The lowest BCUT2D eigenvalue weighted by Crippen LogP contribution is -2.45. The van der Waals surface area contributed by atoms with Crippen LogP contribution < -0.4 is 5.73 Å². The first-order chi connectivity index (χ1) is 5.89. The van der Waals surface area contributed by atoms with E-state index in [1.165, 1.54) is 0 Å². The van der Waals surface area contributed by atoms with Gasteiger partial charge in [0.2, 0.25) is 5.67 Å². The summed E-state index contributed by atoms with van der Waals surface area (Å²) in [6.07, 6.45) is -4.73. The van der Waals surface area contributed by atoms with Gasteiger partial charge < -0.3 is 5.73 Å². The minimum atomic E-state index is -4.74. The Kier molecular flexibility index (Phi) is 2.85. The van der Waals surface area contributed by atoms with Crippen LogP contribution in [-0.4, -0.2) is 18.4 Å². The molecular formula is C8H13F4N. The van der Waals surface area contributed by atoms with Crippen LogP contribution in [0, 0.1) is 5.92 Å². The molecule has 78 valence electrons. The largest absolute Gasteiger partial charge is 0.422 e. The van der Waals surface area contributed by atoms with Crippen molar-refractivity contribution in [1.82, 2.24) is 0 Å². The lowest BCUT2D eigenvalue weighted by atomic mass is 9.79. The highest BCUT2D eigenvalue weighted by atomic mass is 19.4. The summed E-state index contributed by atoms with van der Waals surface area (Å²) in [5.74, 6) is -0.319. The van der Waals surface area contributed by atoms with Gasteiger partial charge in [-0.2, -0.15) is 13.2 Å². The minimum Gasteiger partial charge on any atom is -0.330 e. The second-order valence-corrected chi connectivity index (χ2v) is 3.66. The molecule has 5 heteroatoms. The Hall–Kier alpha value is -0.320. The molecule has 0 bridgehead atoms. The summed E-state index contributed by atoms with van der Waals surface area (Å²) in [6, 6.07) is 0. The van der Waals surface area contributed by atoms with E-state index in [9.17, 15) is 17.6 Å². The van der Waals surface area contributed by atoms with Crippen molar-refractivity contribution in [3.8, 4) is 0 Å². The van der Waals surface area contributed by atoms with Gasteiger partial charge in [0.05, 0.1) is 0 Å². The normalized spacial score (nSPS) is 36.2. The van der Waals surface area contributed by atoms with Gasteiger partial charge in [0.1, 0.15) is 0 Å². The second kappa shape index (κ2) is 3.44. The SMILES string of the molecule is NCC1CCCC(F)(C(F)(F)F)C1. The van der Waals surface area contributed by atoms with Crippen molar-refractivity contribution in [3.63, 3.8) is 0 Å². The van der Waals surface area contributed by atoms with E-state index in [0.29, 0.717) is 6.42 Å². The number of halogens is 4. The third kappa shape index (κ3) is 2.13. The molecule has 2 N–H and O–H groups in total. The average molecular weight is 199 g/mol. The topological polar surface area (TPSA) is 26.0 Å². The fourth-order valence-electron chi connectivity index (χ4n) is 1.79. The predicted octanol–water partition coefficient (Wildman–Crippen LogP) is 2.41. The zero-order valence-electron chi connectivity index (χ0n) is 7.20. The van der Waals surface area contributed by atoms with Crippen LogP contribution in [-0.2, 0) is 0 Å². The molecule has 0 radical (unpaired) electrons. The van der Waals surface area contributed by atoms with Crippen LogP contribution in [0.1, 0.15) is 25.7 Å². The van der Waals surface area contributed by atoms with Crippen molar-refractivity contribution in [1.29, 1.82) is 0 Å². The Morgan fingerprint density at radius 3 is 2.46 bits per heavy atom. The summed E-state index contributed by atoms with van der Waals surface area (Å²) in [4.78, 5) is 0. The van der Waals surface area contributed by atoms with Crippen molar-refractivity contribution in [2.45, 2.75) is 37.5 Å². The van der Waals surface area contributed by atoms with Crippen LogP contribution in [0.2, 0.25) is 0 Å². The molecule has 0 aromatic carbocycles. The monoisotopic (exact) mass is 199 g/mol. The van der Waals surface area contributed by atoms with E-state index >= 15 is 0 Å². The molecule has 2 atom stereocenters. The number of hydrogen-bond acceptors (Lipinski definition) is 1. The Morgan fingerprint density at radius 1 is 1.38 bits per heavy atom. The standard InChI is InChI=1S/C8H13F4N/c9-7(8(10,11)12)3-1-2-6(4-7)5-13/h6H,1-5,13H2. The van der Waals surface area contributed by atoms with Crippen molar-refractivity contribution in [2.24, 2.45) is 11.7 Å². The zero-order chi connectivity index (χ0) is 10.1. The molecule has 0 aliphatic heterocycles. The number of alkyl halides is 4. The molecule has 1 rings (SSSR count). The molecule has 0 aromatic heterocycles. The Bertz CT molecular complexity index is 179. The molecular weight excluding hydrogens is 186 g/mol. The van der Waals surface area contributed by atoms with Gasteiger partial charge in [-0.25, -0.2) is 4.39 Å². The molecule has 0 aromatic rings. The maximum Gasteiger partial charge on any atom is 0.422 e. The van der Waals surface area contributed by atoms with Gasteiger partial charge in [-0.3, -0.25) is 0 Å². The first-order valence-electron chi connectivity index (χ1n) is 4.35. The summed E-state index contributed by atoms with van der Waals surface area (Å²) in [7, 11) is 0. The number of hydrogen-bond donors (Lipinski definition) is 1. The number of nitrogens with two attached hydrogens (primary N) is 1. The van der Waals surface area contributed by atoms with Crippen molar-refractivity contribution in [3.05, 3.63) is 0 Å². The van der Waals surface area contributed by atoms with Crippen LogP contribution in [0.4, 0.5) is 17.6 Å². The molecule has 0 amide bonds.